The molecule has 0 bridgehead atoms. The first-order valence-electron chi connectivity index (χ1n) is 13.9. The van der Waals surface area contributed by atoms with Gasteiger partial charge in [-0.3, -0.25) is 4.79 Å². The molecule has 4 amide bonds. The highest BCUT2D eigenvalue weighted by Crippen LogP contribution is 2.19. The Bertz CT molecular complexity index is 1310. The molecule has 4 aromatic rings. The van der Waals surface area contributed by atoms with E-state index in [0.717, 1.165) is 20.9 Å². The third kappa shape index (κ3) is 10.7. The Hall–Kier alpha value is -4.15. The molecule has 2 heterocycles. The van der Waals surface area contributed by atoms with E-state index in [2.05, 4.69) is 16.0 Å². The first-order chi connectivity index (χ1) is 20.6. The fraction of sp³-hybridized carbons (Fsp3) is 0.281. The van der Waals surface area contributed by atoms with Gasteiger partial charge >= 0.3 is 12.1 Å². The van der Waals surface area contributed by atoms with Crippen LogP contribution in [-0.2, 0) is 35.7 Å². The van der Waals surface area contributed by atoms with Crippen molar-refractivity contribution in [1.29, 1.82) is 0 Å². The number of ether oxygens (including phenoxy) is 1. The van der Waals surface area contributed by atoms with Gasteiger partial charge in [-0.2, -0.15) is 0 Å². The number of urea groups is 1. The summed E-state index contributed by atoms with van der Waals surface area (Å²) >= 11 is 3.20. The van der Waals surface area contributed by atoms with Gasteiger partial charge < -0.3 is 25.6 Å². The van der Waals surface area contributed by atoms with Crippen molar-refractivity contribution in [3.8, 4) is 0 Å². The predicted octanol–water partition coefficient (Wildman–Crippen LogP) is 6.30. The molecule has 0 fully saturated rings. The monoisotopic (exact) mass is 604 g/mol. The first-order valence-corrected chi connectivity index (χ1v) is 15.7. The standard InChI is InChI=1S/C32H36N4O4S2/c37-30(36(23-27-15-9-19-41-27)24-28-16-10-20-42-28)29(35-31(38)33-21-25-11-3-1-4-12-25)17-7-8-18-40-32(39)34-22-26-13-5-2-6-14-26/h1-6,9-16,19-20,29H,7-8,17-18,21-24H2,(H,34,39)(H2,33,35,38)/t29-/m0/s1. The van der Waals surface area contributed by atoms with Crippen LogP contribution >= 0.6 is 22.7 Å². The molecule has 2 aromatic heterocycles. The highest BCUT2D eigenvalue weighted by Gasteiger charge is 2.26. The Morgan fingerprint density at radius 3 is 1.83 bits per heavy atom. The highest BCUT2D eigenvalue weighted by molar-refractivity contribution is 7.10. The van der Waals surface area contributed by atoms with Gasteiger partial charge in [-0.15, -0.1) is 22.7 Å². The van der Waals surface area contributed by atoms with E-state index in [1.165, 1.54) is 0 Å². The van der Waals surface area contributed by atoms with Crippen LogP contribution in [0.15, 0.2) is 95.7 Å². The zero-order chi connectivity index (χ0) is 29.4. The lowest BCUT2D eigenvalue weighted by molar-refractivity contribution is -0.134. The molecule has 220 valence electrons. The van der Waals surface area contributed by atoms with E-state index in [9.17, 15) is 14.4 Å². The lowest BCUT2D eigenvalue weighted by atomic mass is 10.1. The van der Waals surface area contributed by atoms with Crippen molar-refractivity contribution >= 4 is 40.7 Å². The second-order valence-corrected chi connectivity index (χ2v) is 11.8. The SMILES string of the molecule is O=C(NCc1ccccc1)N[C@@H](CCCCOC(=O)NCc1ccccc1)C(=O)N(Cc1cccs1)Cc1cccs1. The largest absolute Gasteiger partial charge is 0.450 e. The quantitative estimate of drug-likeness (QED) is 0.139. The van der Waals surface area contributed by atoms with Crippen molar-refractivity contribution in [2.24, 2.45) is 0 Å². The van der Waals surface area contributed by atoms with Gasteiger partial charge in [0.2, 0.25) is 5.91 Å². The molecule has 4 rings (SSSR count). The van der Waals surface area contributed by atoms with Crippen LogP contribution in [0.3, 0.4) is 0 Å². The molecule has 1 atom stereocenters. The molecule has 0 aliphatic rings. The zero-order valence-electron chi connectivity index (χ0n) is 23.4. The number of nitrogens with one attached hydrogen (secondary N) is 3. The van der Waals surface area contributed by atoms with E-state index in [4.69, 9.17) is 4.74 Å². The van der Waals surface area contributed by atoms with Gasteiger partial charge in [-0.05, 0) is 53.3 Å². The normalized spacial score (nSPS) is 11.3. The summed E-state index contributed by atoms with van der Waals surface area (Å²) in [7, 11) is 0. The molecule has 0 spiro atoms. The number of thiophene rings is 2. The molecule has 0 saturated carbocycles. The molecule has 8 nitrogen and oxygen atoms in total. The second kappa shape index (κ2) is 17.0. The fourth-order valence-corrected chi connectivity index (χ4v) is 5.73. The summed E-state index contributed by atoms with van der Waals surface area (Å²) in [5, 5.41) is 12.5. The predicted molar refractivity (Wildman–Crippen MR) is 167 cm³/mol. The van der Waals surface area contributed by atoms with E-state index in [1.807, 2.05) is 95.7 Å². The summed E-state index contributed by atoms with van der Waals surface area (Å²) in [5.41, 5.74) is 1.96. The van der Waals surface area contributed by atoms with Crippen molar-refractivity contribution in [2.45, 2.75) is 51.5 Å². The average Bonchev–Trinajstić information content (AvgIpc) is 3.73. The number of carbonyl (C=O) groups excluding carboxylic acids is 3. The van der Waals surface area contributed by atoms with Crippen LogP contribution in [0.25, 0.3) is 0 Å². The Morgan fingerprint density at radius 1 is 0.714 bits per heavy atom. The smallest absolute Gasteiger partial charge is 0.407 e. The molecule has 2 aromatic carbocycles. The molecular formula is C32H36N4O4S2. The van der Waals surface area contributed by atoms with Crippen LogP contribution in [0.2, 0.25) is 0 Å². The summed E-state index contributed by atoms with van der Waals surface area (Å²) in [6, 6.07) is 26.1. The number of rotatable bonds is 15. The number of alkyl carbamates (subject to hydrolysis) is 1. The van der Waals surface area contributed by atoms with Gasteiger partial charge in [0.05, 0.1) is 19.7 Å². The maximum Gasteiger partial charge on any atom is 0.407 e. The van der Waals surface area contributed by atoms with Crippen molar-refractivity contribution in [3.63, 3.8) is 0 Å². The number of hydrogen-bond acceptors (Lipinski definition) is 6. The van der Waals surface area contributed by atoms with Gasteiger partial charge in [0.25, 0.3) is 0 Å². The van der Waals surface area contributed by atoms with E-state index in [0.29, 0.717) is 45.4 Å². The van der Waals surface area contributed by atoms with Crippen LogP contribution in [0, 0.1) is 0 Å². The van der Waals surface area contributed by atoms with Crippen LogP contribution < -0.4 is 16.0 Å². The number of hydrogen-bond donors (Lipinski definition) is 3. The van der Waals surface area contributed by atoms with E-state index < -0.39 is 18.2 Å². The highest BCUT2D eigenvalue weighted by atomic mass is 32.1. The maximum atomic E-state index is 13.9. The van der Waals surface area contributed by atoms with E-state index >= 15 is 0 Å². The Balaban J connectivity index is 1.33. The van der Waals surface area contributed by atoms with Crippen LogP contribution in [-0.4, -0.2) is 35.6 Å². The summed E-state index contributed by atoms with van der Waals surface area (Å²) in [5.74, 6) is -0.145. The molecule has 0 radical (unpaired) electrons. The van der Waals surface area contributed by atoms with Crippen molar-refractivity contribution in [2.75, 3.05) is 6.61 Å². The third-order valence-corrected chi connectivity index (χ3v) is 8.19. The molecule has 0 aliphatic heterocycles. The lowest BCUT2D eigenvalue weighted by Gasteiger charge is -2.27. The number of unbranched alkanes of at least 4 members (excludes halogenated alkanes) is 1. The van der Waals surface area contributed by atoms with Crippen molar-refractivity contribution in [1.82, 2.24) is 20.9 Å². The summed E-state index contributed by atoms with van der Waals surface area (Å²) in [6.45, 7) is 1.89. The summed E-state index contributed by atoms with van der Waals surface area (Å²) < 4.78 is 5.32. The fourth-order valence-electron chi connectivity index (χ4n) is 4.29. The van der Waals surface area contributed by atoms with Gasteiger partial charge in [-0.1, -0.05) is 72.8 Å². The summed E-state index contributed by atoms with van der Waals surface area (Å²) in [6.07, 6.45) is 1.08. The van der Waals surface area contributed by atoms with E-state index in [-0.39, 0.29) is 12.5 Å². The van der Waals surface area contributed by atoms with Gasteiger partial charge in [0, 0.05) is 22.8 Å². The second-order valence-electron chi connectivity index (χ2n) is 9.69. The van der Waals surface area contributed by atoms with Crippen LogP contribution in [0.1, 0.15) is 40.1 Å². The topological polar surface area (TPSA) is 99.8 Å². The minimum absolute atomic E-state index is 0.145. The zero-order valence-corrected chi connectivity index (χ0v) is 25.0. The van der Waals surface area contributed by atoms with Gasteiger partial charge in [-0.25, -0.2) is 9.59 Å². The molecule has 0 saturated heterocycles. The summed E-state index contributed by atoms with van der Waals surface area (Å²) in [4.78, 5) is 42.8. The van der Waals surface area contributed by atoms with Crippen molar-refractivity contribution in [3.05, 3.63) is 117 Å². The van der Waals surface area contributed by atoms with Crippen LogP contribution in [0.5, 0.6) is 0 Å². The lowest BCUT2D eigenvalue weighted by Crippen LogP contribution is -2.50. The molecule has 42 heavy (non-hydrogen) atoms. The number of carbonyl (C=O) groups is 3. The van der Waals surface area contributed by atoms with Crippen molar-refractivity contribution < 1.29 is 19.1 Å². The number of benzene rings is 2. The minimum atomic E-state index is -0.729. The number of nitrogens with zero attached hydrogens (tertiary/aromatic N) is 1. The van der Waals surface area contributed by atoms with E-state index in [1.54, 1.807) is 27.6 Å². The Labute approximate surface area is 254 Å². The van der Waals surface area contributed by atoms with Gasteiger partial charge in [0.15, 0.2) is 0 Å². The third-order valence-electron chi connectivity index (χ3n) is 6.46. The molecular weight excluding hydrogens is 569 g/mol. The molecule has 0 aliphatic carbocycles. The number of amides is 4. The Morgan fingerprint density at radius 2 is 1.29 bits per heavy atom. The molecule has 10 heteroatoms. The van der Waals surface area contributed by atoms with Crippen LogP contribution in [0.4, 0.5) is 9.59 Å². The maximum absolute atomic E-state index is 13.9. The average molecular weight is 605 g/mol. The minimum Gasteiger partial charge on any atom is -0.450 e. The molecule has 3 N–H and O–H groups in total. The van der Waals surface area contributed by atoms with Gasteiger partial charge in [0.1, 0.15) is 6.04 Å². The first kappa shape index (κ1) is 30.8. The molecule has 0 unspecified atom stereocenters. The Kier molecular flexibility index (Phi) is 12.4.